The summed E-state index contributed by atoms with van der Waals surface area (Å²) >= 11 is 0. The largest absolute Gasteiger partial charge is 0.447 e. The van der Waals surface area contributed by atoms with Gasteiger partial charge in [-0.3, -0.25) is 4.79 Å². The zero-order valence-electron chi connectivity index (χ0n) is 15.4. The van der Waals surface area contributed by atoms with Crippen LogP contribution in [0, 0.1) is 0 Å². The van der Waals surface area contributed by atoms with Crippen molar-refractivity contribution in [2.24, 2.45) is 0 Å². The number of amides is 3. The molecule has 3 amide bonds. The summed E-state index contributed by atoms with van der Waals surface area (Å²) < 4.78 is 15.4. The van der Waals surface area contributed by atoms with Gasteiger partial charge >= 0.3 is 12.2 Å². The van der Waals surface area contributed by atoms with Crippen LogP contribution in [0.15, 0.2) is 0 Å². The Balaban J connectivity index is 3.99. The van der Waals surface area contributed by atoms with Gasteiger partial charge in [0.2, 0.25) is 5.91 Å². The van der Waals surface area contributed by atoms with Crippen LogP contribution in [0.5, 0.6) is 0 Å². The number of hydrogen-bond acceptors (Lipinski definition) is 6. The van der Waals surface area contributed by atoms with Crippen LogP contribution in [-0.2, 0) is 19.0 Å². The molecule has 25 heavy (non-hydrogen) atoms. The third kappa shape index (κ3) is 14.1. The smallest absolute Gasteiger partial charge is 0.406 e. The Kier molecular flexibility index (Phi) is 14.2. The first kappa shape index (κ1) is 23.0. The lowest BCUT2D eigenvalue weighted by Gasteiger charge is -2.17. The van der Waals surface area contributed by atoms with Crippen molar-refractivity contribution in [3.63, 3.8) is 0 Å². The summed E-state index contributed by atoms with van der Waals surface area (Å²) in [5.74, 6) is -0.0144. The van der Waals surface area contributed by atoms with E-state index in [9.17, 15) is 14.4 Å². The highest BCUT2D eigenvalue weighted by molar-refractivity contribution is 5.75. The second-order valence-corrected chi connectivity index (χ2v) is 5.35. The van der Waals surface area contributed by atoms with Crippen molar-refractivity contribution in [1.82, 2.24) is 16.0 Å². The van der Waals surface area contributed by atoms with E-state index in [1.54, 1.807) is 0 Å². The Morgan fingerprint density at radius 2 is 1.52 bits per heavy atom. The van der Waals surface area contributed by atoms with Crippen molar-refractivity contribution < 1.29 is 28.6 Å². The van der Waals surface area contributed by atoms with Crippen LogP contribution in [0.25, 0.3) is 0 Å². The van der Waals surface area contributed by atoms with E-state index < -0.39 is 18.3 Å². The summed E-state index contributed by atoms with van der Waals surface area (Å²) in [6, 6.07) is 0. The van der Waals surface area contributed by atoms with E-state index in [0.29, 0.717) is 26.0 Å². The van der Waals surface area contributed by atoms with Gasteiger partial charge in [0.05, 0.1) is 0 Å². The minimum atomic E-state index is -0.597. The predicted molar refractivity (Wildman–Crippen MR) is 92.3 cm³/mol. The van der Waals surface area contributed by atoms with Crippen LogP contribution in [-0.4, -0.2) is 64.7 Å². The van der Waals surface area contributed by atoms with Gasteiger partial charge in [-0.15, -0.1) is 0 Å². The van der Waals surface area contributed by atoms with Gasteiger partial charge in [-0.05, 0) is 12.8 Å². The number of unbranched alkanes of at least 4 members (excludes halogenated alkanes) is 2. The van der Waals surface area contributed by atoms with Crippen molar-refractivity contribution in [1.29, 1.82) is 0 Å². The molecule has 0 aliphatic carbocycles. The lowest BCUT2D eigenvalue weighted by Crippen LogP contribution is -2.33. The van der Waals surface area contributed by atoms with Crippen LogP contribution >= 0.6 is 0 Å². The maximum atomic E-state index is 11.6. The fraction of sp³-hybridized carbons (Fsp3) is 0.812. The first-order chi connectivity index (χ1) is 12.0. The summed E-state index contributed by atoms with van der Waals surface area (Å²) in [6.07, 6.45) is 2.28. The number of carbonyl (C=O) groups is 3. The van der Waals surface area contributed by atoms with Gasteiger partial charge in [0, 0.05) is 33.7 Å². The highest BCUT2D eigenvalue weighted by Gasteiger charge is 2.15. The molecule has 0 bridgehead atoms. The second-order valence-electron chi connectivity index (χ2n) is 5.35. The average Bonchev–Trinajstić information content (AvgIpc) is 2.62. The van der Waals surface area contributed by atoms with E-state index in [2.05, 4.69) is 22.9 Å². The van der Waals surface area contributed by atoms with Gasteiger partial charge in [-0.2, -0.15) is 0 Å². The molecule has 0 heterocycles. The third-order valence-electron chi connectivity index (χ3n) is 3.21. The lowest BCUT2D eigenvalue weighted by atomic mass is 10.2. The van der Waals surface area contributed by atoms with Crippen molar-refractivity contribution >= 4 is 18.1 Å². The number of nitrogens with one attached hydrogen (secondary N) is 3. The number of hydrogen-bond donors (Lipinski definition) is 3. The first-order valence-corrected chi connectivity index (χ1v) is 8.60. The monoisotopic (exact) mass is 361 g/mol. The number of carbonyl (C=O) groups excluding carboxylic acids is 3. The van der Waals surface area contributed by atoms with Gasteiger partial charge in [-0.25, -0.2) is 9.59 Å². The van der Waals surface area contributed by atoms with E-state index in [4.69, 9.17) is 14.2 Å². The molecule has 0 saturated heterocycles. The molecule has 0 aliphatic heterocycles. The molecule has 146 valence electrons. The zero-order valence-corrected chi connectivity index (χ0v) is 15.4. The van der Waals surface area contributed by atoms with Crippen LogP contribution in [0.2, 0.25) is 0 Å². The normalized spacial score (nSPS) is 10.2. The van der Waals surface area contributed by atoms with Gasteiger partial charge in [0.1, 0.15) is 19.3 Å². The lowest BCUT2D eigenvalue weighted by molar-refractivity contribution is -0.121. The molecule has 0 rings (SSSR count). The molecule has 0 atom stereocenters. The SMILES string of the molecule is CCCCCNC(=O)CCCOC(COC(=O)NC)COC(=O)NC. The second kappa shape index (κ2) is 15.5. The maximum absolute atomic E-state index is 11.6. The Bertz CT molecular complexity index is 372. The van der Waals surface area contributed by atoms with Crippen molar-refractivity contribution in [2.75, 3.05) is 40.5 Å². The number of ether oxygens (including phenoxy) is 3. The topological polar surface area (TPSA) is 115 Å². The zero-order chi connectivity index (χ0) is 18.9. The first-order valence-electron chi connectivity index (χ1n) is 8.60. The van der Waals surface area contributed by atoms with Gasteiger partial charge in [0.15, 0.2) is 0 Å². The Hall–Kier alpha value is -2.03. The van der Waals surface area contributed by atoms with Crippen LogP contribution in [0.3, 0.4) is 0 Å². The molecule has 0 unspecified atom stereocenters. The molecule has 0 aromatic rings. The summed E-state index contributed by atoms with van der Waals surface area (Å²) in [5, 5.41) is 7.49. The fourth-order valence-corrected chi connectivity index (χ4v) is 1.80. The summed E-state index contributed by atoms with van der Waals surface area (Å²) in [7, 11) is 2.89. The molecule has 0 aromatic heterocycles. The van der Waals surface area contributed by atoms with E-state index in [1.165, 1.54) is 14.1 Å². The molecule has 0 aromatic carbocycles. The quantitative estimate of drug-likeness (QED) is 0.424. The molecular formula is C16H31N3O6. The minimum Gasteiger partial charge on any atom is -0.447 e. The van der Waals surface area contributed by atoms with E-state index in [0.717, 1.165) is 19.3 Å². The molecular weight excluding hydrogens is 330 g/mol. The maximum Gasteiger partial charge on any atom is 0.406 e. The molecule has 9 nitrogen and oxygen atoms in total. The van der Waals surface area contributed by atoms with Crippen molar-refractivity contribution in [3.8, 4) is 0 Å². The summed E-state index contributed by atoms with van der Waals surface area (Å²) in [6.45, 7) is 2.98. The van der Waals surface area contributed by atoms with E-state index in [-0.39, 0.29) is 19.1 Å². The van der Waals surface area contributed by atoms with Crippen LogP contribution < -0.4 is 16.0 Å². The fourth-order valence-electron chi connectivity index (χ4n) is 1.80. The summed E-state index contributed by atoms with van der Waals surface area (Å²) in [4.78, 5) is 33.9. The Morgan fingerprint density at radius 3 is 2.04 bits per heavy atom. The Morgan fingerprint density at radius 1 is 0.920 bits per heavy atom. The number of alkyl carbamates (subject to hydrolysis) is 2. The number of rotatable bonds is 13. The minimum absolute atomic E-state index is 0.0144. The highest BCUT2D eigenvalue weighted by atomic mass is 16.6. The Labute approximate surface area is 149 Å². The molecule has 0 aliphatic rings. The molecule has 0 fully saturated rings. The van der Waals surface area contributed by atoms with Gasteiger partial charge < -0.3 is 30.2 Å². The van der Waals surface area contributed by atoms with Crippen LogP contribution in [0.4, 0.5) is 9.59 Å². The van der Waals surface area contributed by atoms with Crippen LogP contribution in [0.1, 0.15) is 39.0 Å². The van der Waals surface area contributed by atoms with Gasteiger partial charge in [0.25, 0.3) is 0 Å². The highest BCUT2D eigenvalue weighted by Crippen LogP contribution is 2.00. The standard InChI is InChI=1S/C16H31N3O6/c1-4-5-6-9-19-14(20)8-7-10-23-13(11-24-15(21)17-2)12-25-16(22)18-3/h13H,4-12H2,1-3H3,(H,17,21)(H,18,22)(H,19,20). The van der Waals surface area contributed by atoms with Gasteiger partial charge in [-0.1, -0.05) is 19.8 Å². The van der Waals surface area contributed by atoms with E-state index >= 15 is 0 Å². The predicted octanol–water partition coefficient (Wildman–Crippen LogP) is 1.17. The van der Waals surface area contributed by atoms with Crippen molar-refractivity contribution in [2.45, 2.75) is 45.1 Å². The summed E-state index contributed by atoms with van der Waals surface area (Å²) in [5.41, 5.74) is 0. The van der Waals surface area contributed by atoms with E-state index in [1.807, 2.05) is 0 Å². The molecule has 0 saturated carbocycles. The average molecular weight is 361 g/mol. The molecule has 3 N–H and O–H groups in total. The molecule has 0 radical (unpaired) electrons. The molecule has 9 heteroatoms. The third-order valence-corrected chi connectivity index (χ3v) is 3.21. The molecule has 0 spiro atoms. The van der Waals surface area contributed by atoms with Crippen molar-refractivity contribution in [3.05, 3.63) is 0 Å².